The van der Waals surface area contributed by atoms with Crippen molar-refractivity contribution in [2.45, 2.75) is 20.8 Å². The van der Waals surface area contributed by atoms with Gasteiger partial charge in [0.2, 0.25) is 0 Å². The molecule has 1 aromatic heterocycles. The number of esters is 1. The van der Waals surface area contributed by atoms with E-state index in [1.165, 1.54) is 13.3 Å². The number of hydrogen-bond acceptors (Lipinski definition) is 5. The molecule has 1 N–H and O–H groups in total. The van der Waals surface area contributed by atoms with Gasteiger partial charge in [-0.1, -0.05) is 11.6 Å². The Morgan fingerprint density at radius 2 is 1.87 bits per heavy atom. The molecule has 0 saturated heterocycles. The van der Waals surface area contributed by atoms with Crippen LogP contribution in [0.2, 0.25) is 5.02 Å². The maximum Gasteiger partial charge on any atom is 0.341 e. The summed E-state index contributed by atoms with van der Waals surface area (Å²) in [5, 5.41) is 7.66. The lowest BCUT2D eigenvalue weighted by Crippen LogP contribution is -2.13. The second kappa shape index (κ2) is 9.00. The summed E-state index contributed by atoms with van der Waals surface area (Å²) < 4.78 is 12.0. The van der Waals surface area contributed by atoms with Gasteiger partial charge in [0.05, 0.1) is 37.0 Å². The largest absolute Gasteiger partial charge is 0.495 e. The molecule has 2 aromatic carbocycles. The van der Waals surface area contributed by atoms with Crippen molar-refractivity contribution in [3.63, 3.8) is 0 Å². The average molecular weight is 428 g/mol. The lowest BCUT2D eigenvalue weighted by Gasteiger charge is -2.12. The van der Waals surface area contributed by atoms with Crippen molar-refractivity contribution >= 4 is 29.2 Å². The zero-order valence-corrected chi connectivity index (χ0v) is 17.9. The van der Waals surface area contributed by atoms with E-state index in [9.17, 15) is 9.59 Å². The van der Waals surface area contributed by atoms with E-state index in [0.29, 0.717) is 39.9 Å². The number of carbonyl (C=O) groups is 2. The molecule has 0 spiro atoms. The normalized spacial score (nSPS) is 10.6. The standard InChI is InChI=1S/C22H22ClN3O4/c1-5-30-22(28)17-12-24-26(14(17)3)16-8-6-15(7-9-16)21(27)25-19-10-13(2)18(23)11-20(19)29-4/h6-12H,5H2,1-4H3,(H,25,27). The molecule has 1 amide bonds. The smallest absolute Gasteiger partial charge is 0.341 e. The molecule has 1 heterocycles. The monoisotopic (exact) mass is 427 g/mol. The first kappa shape index (κ1) is 21.4. The number of carbonyl (C=O) groups excluding carboxylic acids is 2. The van der Waals surface area contributed by atoms with Gasteiger partial charge in [-0.05, 0) is 56.7 Å². The molecule has 7 nitrogen and oxygen atoms in total. The molecule has 3 aromatic rings. The second-order valence-corrected chi connectivity index (χ2v) is 6.99. The van der Waals surface area contributed by atoms with Crippen molar-refractivity contribution in [3.8, 4) is 11.4 Å². The molecule has 0 aliphatic carbocycles. The maximum atomic E-state index is 12.7. The van der Waals surface area contributed by atoms with Crippen LogP contribution in [-0.4, -0.2) is 35.4 Å². The third-order valence-electron chi connectivity index (χ3n) is 4.61. The summed E-state index contributed by atoms with van der Waals surface area (Å²) in [6.45, 7) is 5.69. The van der Waals surface area contributed by atoms with Gasteiger partial charge in [-0.2, -0.15) is 5.10 Å². The Labute approximate surface area is 179 Å². The summed E-state index contributed by atoms with van der Waals surface area (Å²) >= 11 is 6.12. The van der Waals surface area contributed by atoms with Gasteiger partial charge in [0, 0.05) is 16.7 Å². The topological polar surface area (TPSA) is 82.5 Å². The number of ether oxygens (including phenoxy) is 2. The first-order valence-electron chi connectivity index (χ1n) is 9.33. The quantitative estimate of drug-likeness (QED) is 0.582. The van der Waals surface area contributed by atoms with Crippen LogP contribution in [0.3, 0.4) is 0 Å². The highest BCUT2D eigenvalue weighted by Crippen LogP contribution is 2.31. The molecule has 0 unspecified atom stereocenters. The number of benzene rings is 2. The minimum absolute atomic E-state index is 0.286. The van der Waals surface area contributed by atoms with Crippen LogP contribution in [0.5, 0.6) is 5.75 Å². The number of rotatable bonds is 6. The fourth-order valence-corrected chi connectivity index (χ4v) is 3.11. The number of hydrogen-bond donors (Lipinski definition) is 1. The summed E-state index contributed by atoms with van der Waals surface area (Å²) in [4.78, 5) is 24.7. The van der Waals surface area contributed by atoms with E-state index in [1.54, 1.807) is 54.9 Å². The highest BCUT2D eigenvalue weighted by Gasteiger charge is 2.17. The first-order chi connectivity index (χ1) is 14.3. The van der Waals surface area contributed by atoms with Crippen LogP contribution < -0.4 is 10.1 Å². The van der Waals surface area contributed by atoms with Gasteiger partial charge < -0.3 is 14.8 Å². The van der Waals surface area contributed by atoms with Gasteiger partial charge in [0.25, 0.3) is 5.91 Å². The molecular weight excluding hydrogens is 406 g/mol. The molecule has 0 atom stereocenters. The number of amides is 1. The number of nitrogens with one attached hydrogen (secondary N) is 1. The Morgan fingerprint density at radius 1 is 1.17 bits per heavy atom. The maximum absolute atomic E-state index is 12.7. The van der Waals surface area contributed by atoms with E-state index in [1.807, 2.05) is 6.92 Å². The molecule has 0 radical (unpaired) electrons. The minimum Gasteiger partial charge on any atom is -0.495 e. The van der Waals surface area contributed by atoms with Crippen LogP contribution in [0, 0.1) is 13.8 Å². The van der Waals surface area contributed by atoms with Crippen LogP contribution in [0.25, 0.3) is 5.69 Å². The molecule has 0 saturated carbocycles. The number of methoxy groups -OCH3 is 1. The Bertz CT molecular complexity index is 1090. The van der Waals surface area contributed by atoms with Crippen LogP contribution >= 0.6 is 11.6 Å². The summed E-state index contributed by atoms with van der Waals surface area (Å²) in [6, 6.07) is 10.3. The fourth-order valence-electron chi connectivity index (χ4n) is 2.96. The fraction of sp³-hybridized carbons (Fsp3) is 0.227. The zero-order chi connectivity index (χ0) is 21.8. The predicted molar refractivity (Wildman–Crippen MR) is 115 cm³/mol. The summed E-state index contributed by atoms with van der Waals surface area (Å²) in [5.41, 5.74) is 3.62. The SMILES string of the molecule is CCOC(=O)c1cnn(-c2ccc(C(=O)Nc3cc(C)c(Cl)cc3OC)cc2)c1C. The zero-order valence-electron chi connectivity index (χ0n) is 17.2. The number of aromatic nitrogens is 2. The van der Waals surface area contributed by atoms with Crippen molar-refractivity contribution in [3.05, 3.63) is 70.0 Å². The third-order valence-corrected chi connectivity index (χ3v) is 5.02. The average Bonchev–Trinajstić information content (AvgIpc) is 3.12. The molecule has 30 heavy (non-hydrogen) atoms. The van der Waals surface area contributed by atoms with E-state index in [4.69, 9.17) is 21.1 Å². The van der Waals surface area contributed by atoms with Gasteiger partial charge in [-0.25, -0.2) is 9.48 Å². The first-order valence-corrected chi connectivity index (χ1v) is 9.71. The molecule has 3 rings (SSSR count). The number of aryl methyl sites for hydroxylation is 1. The van der Waals surface area contributed by atoms with Crippen LogP contribution in [-0.2, 0) is 4.74 Å². The number of halogens is 1. The van der Waals surface area contributed by atoms with E-state index in [0.717, 1.165) is 11.3 Å². The molecule has 156 valence electrons. The van der Waals surface area contributed by atoms with E-state index in [-0.39, 0.29) is 5.91 Å². The highest BCUT2D eigenvalue weighted by molar-refractivity contribution is 6.31. The van der Waals surface area contributed by atoms with Crippen LogP contribution in [0.1, 0.15) is 38.9 Å². The molecule has 0 bridgehead atoms. The Kier molecular flexibility index (Phi) is 6.42. The summed E-state index contributed by atoms with van der Waals surface area (Å²) in [7, 11) is 1.52. The molecule has 0 fully saturated rings. The lowest BCUT2D eigenvalue weighted by atomic mass is 10.1. The van der Waals surface area contributed by atoms with E-state index in [2.05, 4.69) is 10.4 Å². The molecule has 0 aliphatic heterocycles. The van der Waals surface area contributed by atoms with E-state index >= 15 is 0 Å². The summed E-state index contributed by atoms with van der Waals surface area (Å²) in [6.07, 6.45) is 1.48. The van der Waals surface area contributed by atoms with Gasteiger partial charge in [0.15, 0.2) is 0 Å². The van der Waals surface area contributed by atoms with Gasteiger partial charge in [-0.3, -0.25) is 4.79 Å². The number of anilines is 1. The van der Waals surface area contributed by atoms with Crippen molar-refractivity contribution in [2.24, 2.45) is 0 Å². The van der Waals surface area contributed by atoms with Crippen LogP contribution in [0.4, 0.5) is 5.69 Å². The van der Waals surface area contributed by atoms with Crippen molar-refractivity contribution in [1.82, 2.24) is 9.78 Å². The van der Waals surface area contributed by atoms with Gasteiger partial charge in [0.1, 0.15) is 11.3 Å². The second-order valence-electron chi connectivity index (χ2n) is 6.58. The Morgan fingerprint density at radius 3 is 2.50 bits per heavy atom. The van der Waals surface area contributed by atoms with Crippen molar-refractivity contribution in [2.75, 3.05) is 19.0 Å². The highest BCUT2D eigenvalue weighted by atomic mass is 35.5. The molecule has 8 heteroatoms. The lowest BCUT2D eigenvalue weighted by molar-refractivity contribution is 0.0525. The molecular formula is C22H22ClN3O4. The third kappa shape index (κ3) is 4.31. The minimum atomic E-state index is -0.413. The van der Waals surface area contributed by atoms with Gasteiger partial charge >= 0.3 is 5.97 Å². The summed E-state index contributed by atoms with van der Waals surface area (Å²) in [5.74, 6) is -0.218. The Hall–Kier alpha value is -3.32. The number of nitrogens with zero attached hydrogens (tertiary/aromatic N) is 2. The van der Waals surface area contributed by atoms with Crippen molar-refractivity contribution in [1.29, 1.82) is 0 Å². The van der Waals surface area contributed by atoms with E-state index < -0.39 is 5.97 Å². The van der Waals surface area contributed by atoms with Crippen molar-refractivity contribution < 1.29 is 19.1 Å². The molecule has 0 aliphatic rings. The van der Waals surface area contributed by atoms with Crippen LogP contribution in [0.15, 0.2) is 42.6 Å². The predicted octanol–water partition coefficient (Wildman–Crippen LogP) is 4.58. The van der Waals surface area contributed by atoms with Gasteiger partial charge in [-0.15, -0.1) is 0 Å². The Balaban J connectivity index is 1.81.